The van der Waals surface area contributed by atoms with E-state index in [1.165, 1.54) is 16.0 Å². The van der Waals surface area contributed by atoms with Crippen LogP contribution < -0.4 is 16.0 Å². The molecule has 5 nitrogen and oxygen atoms in total. The summed E-state index contributed by atoms with van der Waals surface area (Å²) in [6.45, 7) is 5.07. The standard InChI is InChI=1S/C20H27N3O2S/c1-3-11-21-18(24)13-22-19(25)14-23-20(17-6-5-12-26-17)16-9-7-15(4-2)8-10-16/h5-10,12,20,23H,3-4,11,13-14H2,1-2H3,(H,21,24)(H,22,25)/p+1/t20-/m1/s1. The largest absolute Gasteiger partial charge is 0.355 e. The molecule has 1 aromatic heterocycles. The predicted octanol–water partition coefficient (Wildman–Crippen LogP) is 1.61. The topological polar surface area (TPSA) is 74.8 Å². The van der Waals surface area contributed by atoms with E-state index in [9.17, 15) is 9.59 Å². The van der Waals surface area contributed by atoms with Crippen molar-refractivity contribution in [1.82, 2.24) is 10.6 Å². The molecule has 0 bridgehead atoms. The number of benzene rings is 1. The van der Waals surface area contributed by atoms with E-state index in [2.05, 4.69) is 53.3 Å². The van der Waals surface area contributed by atoms with E-state index in [1.807, 2.05) is 18.3 Å². The third-order valence-electron chi connectivity index (χ3n) is 4.15. The second-order valence-corrected chi connectivity index (χ2v) is 7.13. The molecule has 4 N–H and O–H groups in total. The number of nitrogens with two attached hydrogens (primary N) is 1. The Labute approximate surface area is 159 Å². The SMILES string of the molecule is CCCNC(=O)CNC(=O)C[NH2+][C@H](c1ccc(CC)cc1)c1cccs1. The summed E-state index contributed by atoms with van der Waals surface area (Å²) in [7, 11) is 0. The summed E-state index contributed by atoms with van der Waals surface area (Å²) in [5, 5.41) is 9.50. The Hall–Kier alpha value is -2.18. The lowest BCUT2D eigenvalue weighted by Crippen LogP contribution is -2.87. The van der Waals surface area contributed by atoms with Gasteiger partial charge in [0.25, 0.3) is 5.91 Å². The number of hydrogen-bond acceptors (Lipinski definition) is 3. The van der Waals surface area contributed by atoms with E-state index < -0.39 is 0 Å². The fourth-order valence-electron chi connectivity index (χ4n) is 2.65. The minimum atomic E-state index is -0.148. The highest BCUT2D eigenvalue weighted by atomic mass is 32.1. The Balaban J connectivity index is 1.93. The summed E-state index contributed by atoms with van der Waals surface area (Å²) in [4.78, 5) is 24.9. The first-order valence-corrected chi connectivity index (χ1v) is 10.0. The summed E-state index contributed by atoms with van der Waals surface area (Å²) in [6, 6.07) is 12.8. The number of carbonyl (C=O) groups is 2. The maximum atomic E-state index is 12.1. The van der Waals surface area contributed by atoms with Crippen LogP contribution in [0.5, 0.6) is 0 Å². The number of carbonyl (C=O) groups excluding carboxylic acids is 2. The third-order valence-corrected chi connectivity index (χ3v) is 5.11. The van der Waals surface area contributed by atoms with Crippen LogP contribution in [0.2, 0.25) is 0 Å². The van der Waals surface area contributed by atoms with Crippen molar-refractivity contribution in [2.45, 2.75) is 32.7 Å². The quantitative estimate of drug-likeness (QED) is 0.591. The van der Waals surface area contributed by atoms with Gasteiger partial charge in [0.2, 0.25) is 5.91 Å². The van der Waals surface area contributed by atoms with Crippen LogP contribution >= 0.6 is 11.3 Å². The number of aryl methyl sites for hydroxylation is 1. The molecule has 0 unspecified atom stereocenters. The fraction of sp³-hybridized carbons (Fsp3) is 0.400. The van der Waals surface area contributed by atoms with Gasteiger partial charge in [-0.25, -0.2) is 0 Å². The Kier molecular flexibility index (Phi) is 8.31. The number of nitrogens with one attached hydrogen (secondary N) is 2. The number of amides is 2. The van der Waals surface area contributed by atoms with Gasteiger partial charge in [0.05, 0.1) is 11.4 Å². The van der Waals surface area contributed by atoms with Crippen LogP contribution in [0.1, 0.15) is 42.3 Å². The molecule has 0 fully saturated rings. The molecule has 0 aliphatic heterocycles. The molecule has 0 aliphatic carbocycles. The molecule has 0 saturated heterocycles. The van der Waals surface area contributed by atoms with Crippen molar-refractivity contribution in [2.75, 3.05) is 19.6 Å². The monoisotopic (exact) mass is 374 g/mol. The lowest BCUT2D eigenvalue weighted by Gasteiger charge is -2.15. The van der Waals surface area contributed by atoms with Gasteiger partial charge in [-0.1, -0.05) is 44.2 Å². The Morgan fingerprint density at radius 2 is 1.85 bits per heavy atom. The molecule has 6 heteroatoms. The van der Waals surface area contributed by atoms with Crippen molar-refractivity contribution in [2.24, 2.45) is 0 Å². The van der Waals surface area contributed by atoms with Crippen LogP contribution in [0.25, 0.3) is 0 Å². The molecule has 0 aliphatic rings. The van der Waals surface area contributed by atoms with Gasteiger partial charge >= 0.3 is 0 Å². The molecule has 2 aromatic rings. The molecule has 2 amide bonds. The van der Waals surface area contributed by atoms with Crippen LogP contribution in [-0.4, -0.2) is 31.4 Å². The molecule has 0 saturated carbocycles. The van der Waals surface area contributed by atoms with Crippen LogP contribution in [0.3, 0.4) is 0 Å². The summed E-state index contributed by atoms with van der Waals surface area (Å²) in [5.74, 6) is -0.284. The molecule has 26 heavy (non-hydrogen) atoms. The molecule has 0 radical (unpaired) electrons. The van der Waals surface area contributed by atoms with Crippen molar-refractivity contribution in [1.29, 1.82) is 0 Å². The number of thiophene rings is 1. The highest BCUT2D eigenvalue weighted by Gasteiger charge is 2.20. The number of quaternary nitrogens is 1. The van der Waals surface area contributed by atoms with Crippen molar-refractivity contribution < 1.29 is 14.9 Å². The molecule has 140 valence electrons. The van der Waals surface area contributed by atoms with Gasteiger partial charge in [0.15, 0.2) is 6.54 Å². The Morgan fingerprint density at radius 1 is 1.08 bits per heavy atom. The van der Waals surface area contributed by atoms with Crippen LogP contribution in [-0.2, 0) is 16.0 Å². The van der Waals surface area contributed by atoms with Crippen molar-refractivity contribution in [3.8, 4) is 0 Å². The average molecular weight is 375 g/mol. The highest BCUT2D eigenvalue weighted by Crippen LogP contribution is 2.23. The van der Waals surface area contributed by atoms with Crippen LogP contribution in [0, 0.1) is 0 Å². The lowest BCUT2D eigenvalue weighted by molar-refractivity contribution is -0.676. The van der Waals surface area contributed by atoms with Gasteiger partial charge < -0.3 is 16.0 Å². The van der Waals surface area contributed by atoms with Gasteiger partial charge in [0, 0.05) is 12.1 Å². The Bertz CT molecular complexity index is 684. The van der Waals surface area contributed by atoms with E-state index >= 15 is 0 Å². The number of hydrogen-bond donors (Lipinski definition) is 3. The zero-order chi connectivity index (χ0) is 18.8. The second kappa shape index (κ2) is 10.7. The zero-order valence-corrected chi connectivity index (χ0v) is 16.3. The van der Waals surface area contributed by atoms with Gasteiger partial charge in [-0.15, -0.1) is 11.3 Å². The third kappa shape index (κ3) is 6.28. The summed E-state index contributed by atoms with van der Waals surface area (Å²) < 4.78 is 0. The van der Waals surface area contributed by atoms with Gasteiger partial charge in [0.1, 0.15) is 6.04 Å². The first-order valence-electron chi connectivity index (χ1n) is 9.13. The van der Waals surface area contributed by atoms with Gasteiger partial charge in [-0.05, 0) is 29.9 Å². The van der Waals surface area contributed by atoms with E-state index in [4.69, 9.17) is 0 Å². The van der Waals surface area contributed by atoms with E-state index in [0.29, 0.717) is 6.54 Å². The molecular formula is C20H28N3O2S+. The van der Waals surface area contributed by atoms with E-state index in [0.717, 1.165) is 12.8 Å². The summed E-state index contributed by atoms with van der Waals surface area (Å²) in [6.07, 6.45) is 1.89. The number of rotatable bonds is 10. The summed E-state index contributed by atoms with van der Waals surface area (Å²) in [5.41, 5.74) is 2.48. The first kappa shape index (κ1) is 20.1. The highest BCUT2D eigenvalue weighted by molar-refractivity contribution is 7.10. The average Bonchev–Trinajstić information content (AvgIpc) is 3.19. The van der Waals surface area contributed by atoms with E-state index in [1.54, 1.807) is 11.3 Å². The zero-order valence-electron chi connectivity index (χ0n) is 15.5. The molecular weight excluding hydrogens is 346 g/mol. The molecule has 2 rings (SSSR count). The molecule has 0 spiro atoms. The van der Waals surface area contributed by atoms with Crippen LogP contribution in [0.4, 0.5) is 0 Å². The van der Waals surface area contributed by atoms with Crippen molar-refractivity contribution in [3.63, 3.8) is 0 Å². The minimum absolute atomic E-state index is 0.0293. The van der Waals surface area contributed by atoms with Crippen molar-refractivity contribution >= 4 is 23.2 Å². The lowest BCUT2D eigenvalue weighted by atomic mass is 10.0. The minimum Gasteiger partial charge on any atom is -0.355 e. The molecule has 1 heterocycles. The molecule has 1 aromatic carbocycles. The maximum Gasteiger partial charge on any atom is 0.275 e. The summed E-state index contributed by atoms with van der Waals surface area (Å²) >= 11 is 1.69. The van der Waals surface area contributed by atoms with E-state index in [-0.39, 0.29) is 30.9 Å². The predicted molar refractivity (Wildman–Crippen MR) is 105 cm³/mol. The maximum absolute atomic E-state index is 12.1. The first-order chi connectivity index (χ1) is 12.6. The fourth-order valence-corrected chi connectivity index (χ4v) is 3.50. The Morgan fingerprint density at radius 3 is 2.46 bits per heavy atom. The normalized spacial score (nSPS) is 11.8. The van der Waals surface area contributed by atoms with Gasteiger partial charge in [-0.3, -0.25) is 9.59 Å². The van der Waals surface area contributed by atoms with Crippen LogP contribution in [0.15, 0.2) is 41.8 Å². The van der Waals surface area contributed by atoms with Crippen molar-refractivity contribution in [3.05, 3.63) is 57.8 Å². The van der Waals surface area contributed by atoms with Gasteiger partial charge in [-0.2, -0.15) is 0 Å². The second-order valence-electron chi connectivity index (χ2n) is 6.15. The molecule has 1 atom stereocenters. The smallest absolute Gasteiger partial charge is 0.275 e.